The predicted octanol–water partition coefficient (Wildman–Crippen LogP) is 0.924. The zero-order valence-electron chi connectivity index (χ0n) is 7.51. The third-order valence-corrected chi connectivity index (χ3v) is 2.79. The number of halogens is 1. The molecule has 1 aromatic rings. The van der Waals surface area contributed by atoms with E-state index in [0.29, 0.717) is 4.88 Å². The molecule has 0 bridgehead atoms. The Morgan fingerprint density at radius 1 is 1.64 bits per heavy atom. The standard InChI is InChI=1S/C8H11NO3S.ClH/c1-4-2-5(13-3-4)7(10)6(9)8(11)12;/h2-3,6-7,10H,9H2,1H3,(H,11,12);1H/t6-,7-;/m1./s1. The minimum Gasteiger partial charge on any atom is -0.480 e. The van der Waals surface area contributed by atoms with Crippen molar-refractivity contribution in [1.29, 1.82) is 0 Å². The van der Waals surface area contributed by atoms with Gasteiger partial charge in [-0.05, 0) is 23.9 Å². The Bertz CT molecular complexity index is 315. The SMILES string of the molecule is Cc1csc([C@@H](O)[C@@H](N)C(=O)O)c1.Cl. The van der Waals surface area contributed by atoms with E-state index in [9.17, 15) is 9.90 Å². The molecule has 0 fully saturated rings. The first-order valence-electron chi connectivity index (χ1n) is 3.74. The summed E-state index contributed by atoms with van der Waals surface area (Å²) in [6, 6.07) is 0.482. The molecule has 1 rings (SSSR count). The maximum absolute atomic E-state index is 10.4. The number of carboxylic acid groups (broad SMARTS) is 1. The minimum atomic E-state index is -1.25. The Balaban J connectivity index is 0.00000169. The molecule has 14 heavy (non-hydrogen) atoms. The Labute approximate surface area is 91.8 Å². The quantitative estimate of drug-likeness (QED) is 0.730. The van der Waals surface area contributed by atoms with Crippen molar-refractivity contribution in [3.05, 3.63) is 21.9 Å². The van der Waals surface area contributed by atoms with E-state index in [-0.39, 0.29) is 12.4 Å². The molecular weight excluding hydrogens is 226 g/mol. The van der Waals surface area contributed by atoms with Gasteiger partial charge in [0.15, 0.2) is 0 Å². The van der Waals surface area contributed by atoms with Crippen LogP contribution in [0.25, 0.3) is 0 Å². The van der Waals surface area contributed by atoms with Crippen molar-refractivity contribution < 1.29 is 15.0 Å². The van der Waals surface area contributed by atoms with Crippen LogP contribution in [0.15, 0.2) is 11.4 Å². The van der Waals surface area contributed by atoms with Gasteiger partial charge in [0.25, 0.3) is 0 Å². The Hall–Kier alpha value is -0.620. The average Bonchev–Trinajstić information content (AvgIpc) is 2.49. The number of nitrogens with two attached hydrogens (primary N) is 1. The Kier molecular flexibility index (Phi) is 5.07. The molecule has 0 radical (unpaired) electrons. The third-order valence-electron chi connectivity index (χ3n) is 1.67. The number of carbonyl (C=O) groups is 1. The molecule has 2 atom stereocenters. The second-order valence-corrected chi connectivity index (χ2v) is 3.78. The molecule has 0 aliphatic heterocycles. The van der Waals surface area contributed by atoms with Crippen molar-refractivity contribution >= 4 is 29.7 Å². The molecule has 1 aromatic heterocycles. The molecule has 0 unspecified atom stereocenters. The van der Waals surface area contributed by atoms with Crippen LogP contribution in [0.1, 0.15) is 16.5 Å². The molecule has 0 spiro atoms. The fraction of sp³-hybridized carbons (Fsp3) is 0.375. The highest BCUT2D eigenvalue weighted by molar-refractivity contribution is 7.10. The number of carboxylic acids is 1. The van der Waals surface area contributed by atoms with Gasteiger partial charge in [-0.3, -0.25) is 4.79 Å². The van der Waals surface area contributed by atoms with Crippen molar-refractivity contribution in [2.75, 3.05) is 0 Å². The maximum atomic E-state index is 10.4. The Morgan fingerprint density at radius 3 is 2.57 bits per heavy atom. The molecule has 80 valence electrons. The van der Waals surface area contributed by atoms with Gasteiger partial charge < -0.3 is 15.9 Å². The number of aliphatic hydroxyl groups is 1. The van der Waals surface area contributed by atoms with Gasteiger partial charge >= 0.3 is 5.97 Å². The molecule has 6 heteroatoms. The van der Waals surface area contributed by atoms with Crippen LogP contribution < -0.4 is 5.73 Å². The smallest absolute Gasteiger partial charge is 0.323 e. The van der Waals surface area contributed by atoms with E-state index in [0.717, 1.165) is 5.56 Å². The fourth-order valence-corrected chi connectivity index (χ4v) is 1.85. The number of aliphatic hydroxyl groups excluding tert-OH is 1. The van der Waals surface area contributed by atoms with E-state index in [1.165, 1.54) is 11.3 Å². The Morgan fingerprint density at radius 2 is 2.21 bits per heavy atom. The summed E-state index contributed by atoms with van der Waals surface area (Å²) in [6.07, 6.45) is -1.11. The zero-order chi connectivity index (χ0) is 10.0. The van der Waals surface area contributed by atoms with Gasteiger partial charge in [-0.2, -0.15) is 0 Å². The lowest BCUT2D eigenvalue weighted by molar-refractivity contribution is -0.141. The summed E-state index contributed by atoms with van der Waals surface area (Å²) in [7, 11) is 0. The zero-order valence-corrected chi connectivity index (χ0v) is 9.14. The number of hydrogen-bond donors (Lipinski definition) is 3. The third kappa shape index (κ3) is 2.95. The number of rotatable bonds is 3. The van der Waals surface area contributed by atoms with Gasteiger partial charge in [0.05, 0.1) is 0 Å². The minimum absolute atomic E-state index is 0. The second-order valence-electron chi connectivity index (χ2n) is 2.84. The molecule has 0 amide bonds. The van der Waals surface area contributed by atoms with Crippen molar-refractivity contribution in [2.24, 2.45) is 5.73 Å². The van der Waals surface area contributed by atoms with E-state index in [1.807, 2.05) is 12.3 Å². The van der Waals surface area contributed by atoms with E-state index < -0.39 is 18.1 Å². The van der Waals surface area contributed by atoms with Crippen molar-refractivity contribution in [3.63, 3.8) is 0 Å². The topological polar surface area (TPSA) is 83.5 Å². The number of hydrogen-bond acceptors (Lipinski definition) is 4. The lowest BCUT2D eigenvalue weighted by Gasteiger charge is -2.12. The number of thiophene rings is 1. The normalized spacial score (nSPS) is 14.2. The van der Waals surface area contributed by atoms with E-state index in [4.69, 9.17) is 10.8 Å². The van der Waals surface area contributed by atoms with Crippen LogP contribution >= 0.6 is 23.7 Å². The number of aryl methyl sites for hydroxylation is 1. The molecule has 4 nitrogen and oxygen atoms in total. The highest BCUT2D eigenvalue weighted by Gasteiger charge is 2.24. The summed E-state index contributed by atoms with van der Waals surface area (Å²) in [6.45, 7) is 1.87. The van der Waals surface area contributed by atoms with Crippen LogP contribution in [-0.2, 0) is 4.79 Å². The van der Waals surface area contributed by atoms with Gasteiger partial charge in [-0.15, -0.1) is 23.7 Å². The van der Waals surface area contributed by atoms with Crippen molar-refractivity contribution in [1.82, 2.24) is 0 Å². The second kappa shape index (κ2) is 5.31. The van der Waals surface area contributed by atoms with Gasteiger partial charge in [0, 0.05) is 4.88 Å². The molecule has 0 saturated heterocycles. The average molecular weight is 238 g/mol. The summed E-state index contributed by atoms with van der Waals surface area (Å²) in [5.74, 6) is -1.20. The first-order chi connectivity index (χ1) is 6.02. The molecule has 0 aromatic carbocycles. The molecule has 0 saturated carbocycles. The first-order valence-corrected chi connectivity index (χ1v) is 4.62. The summed E-state index contributed by atoms with van der Waals surface area (Å²) in [5.41, 5.74) is 6.26. The first kappa shape index (κ1) is 13.4. The summed E-state index contributed by atoms with van der Waals surface area (Å²) < 4.78 is 0. The highest BCUT2D eigenvalue weighted by Crippen LogP contribution is 2.23. The van der Waals surface area contributed by atoms with E-state index in [1.54, 1.807) is 6.07 Å². The predicted molar refractivity (Wildman–Crippen MR) is 56.9 cm³/mol. The highest BCUT2D eigenvalue weighted by atomic mass is 35.5. The van der Waals surface area contributed by atoms with Crippen LogP contribution in [0.2, 0.25) is 0 Å². The fourth-order valence-electron chi connectivity index (χ4n) is 0.921. The maximum Gasteiger partial charge on any atom is 0.323 e. The van der Waals surface area contributed by atoms with Crippen LogP contribution in [0, 0.1) is 6.92 Å². The van der Waals surface area contributed by atoms with Gasteiger partial charge in [0.2, 0.25) is 0 Å². The summed E-state index contributed by atoms with van der Waals surface area (Å²) >= 11 is 1.31. The molecule has 1 heterocycles. The van der Waals surface area contributed by atoms with Crippen molar-refractivity contribution in [3.8, 4) is 0 Å². The van der Waals surface area contributed by atoms with Gasteiger partial charge in [-0.25, -0.2) is 0 Å². The van der Waals surface area contributed by atoms with Crippen LogP contribution in [0.4, 0.5) is 0 Å². The van der Waals surface area contributed by atoms with E-state index >= 15 is 0 Å². The monoisotopic (exact) mass is 237 g/mol. The number of aliphatic carboxylic acids is 1. The molecule has 0 aliphatic carbocycles. The summed E-state index contributed by atoms with van der Waals surface area (Å²) in [4.78, 5) is 11.0. The van der Waals surface area contributed by atoms with Gasteiger partial charge in [-0.1, -0.05) is 0 Å². The van der Waals surface area contributed by atoms with Crippen LogP contribution in [0.3, 0.4) is 0 Å². The largest absolute Gasteiger partial charge is 0.480 e. The molecule has 4 N–H and O–H groups in total. The van der Waals surface area contributed by atoms with E-state index in [2.05, 4.69) is 0 Å². The molecular formula is C8H12ClNO3S. The van der Waals surface area contributed by atoms with Crippen molar-refractivity contribution in [2.45, 2.75) is 19.1 Å². The van der Waals surface area contributed by atoms with Crippen LogP contribution in [-0.4, -0.2) is 22.2 Å². The van der Waals surface area contributed by atoms with Crippen LogP contribution in [0.5, 0.6) is 0 Å². The van der Waals surface area contributed by atoms with Gasteiger partial charge in [0.1, 0.15) is 12.1 Å². The summed E-state index contributed by atoms with van der Waals surface area (Å²) in [5, 5.41) is 19.9. The lowest BCUT2D eigenvalue weighted by atomic mass is 10.1. The lowest BCUT2D eigenvalue weighted by Crippen LogP contribution is -2.36. The molecule has 0 aliphatic rings.